The molecule has 3 heteroatoms. The summed E-state index contributed by atoms with van der Waals surface area (Å²) >= 11 is 0. The van der Waals surface area contributed by atoms with Crippen molar-refractivity contribution >= 4 is 5.97 Å². The summed E-state index contributed by atoms with van der Waals surface area (Å²) in [7, 11) is 0. The van der Waals surface area contributed by atoms with Gasteiger partial charge in [0.25, 0.3) is 0 Å². The Kier molecular flexibility index (Phi) is 4.55. The predicted octanol–water partition coefficient (Wildman–Crippen LogP) is 4.24. The number of hydrogen-bond acceptors (Lipinski definition) is 2. The van der Waals surface area contributed by atoms with Gasteiger partial charge in [-0.1, -0.05) is 30.3 Å². The molecule has 3 nitrogen and oxygen atoms in total. The molecule has 0 aromatic heterocycles. The standard InChI is InChI=1S/C19H22O3/c1-13-7-5-8-14(2)17(13)12-22-16-10-6-9-15(11-16)19(3,4)18(20)21/h5-11H,12H2,1-4H3,(H,20,21). The van der Waals surface area contributed by atoms with E-state index in [0.717, 1.165) is 5.56 Å². The summed E-state index contributed by atoms with van der Waals surface area (Å²) in [5, 5.41) is 9.33. The van der Waals surface area contributed by atoms with E-state index in [2.05, 4.69) is 26.0 Å². The van der Waals surface area contributed by atoms with Gasteiger partial charge in [-0.05, 0) is 62.1 Å². The summed E-state index contributed by atoms with van der Waals surface area (Å²) in [5.41, 5.74) is 3.37. The van der Waals surface area contributed by atoms with Crippen LogP contribution in [0.15, 0.2) is 42.5 Å². The van der Waals surface area contributed by atoms with E-state index in [1.54, 1.807) is 13.8 Å². The van der Waals surface area contributed by atoms with Crippen LogP contribution in [-0.2, 0) is 16.8 Å². The van der Waals surface area contributed by atoms with E-state index >= 15 is 0 Å². The highest BCUT2D eigenvalue weighted by molar-refractivity contribution is 5.80. The first-order valence-electron chi connectivity index (χ1n) is 7.34. The predicted molar refractivity (Wildman–Crippen MR) is 87.4 cm³/mol. The maximum atomic E-state index is 11.4. The summed E-state index contributed by atoms with van der Waals surface area (Å²) < 4.78 is 5.88. The number of carboxylic acid groups (broad SMARTS) is 1. The summed E-state index contributed by atoms with van der Waals surface area (Å²) in [6.45, 7) is 8.00. The van der Waals surface area contributed by atoms with Gasteiger partial charge in [-0.25, -0.2) is 0 Å². The summed E-state index contributed by atoms with van der Waals surface area (Å²) in [5.74, 6) is -0.158. The lowest BCUT2D eigenvalue weighted by Crippen LogP contribution is -2.28. The number of aliphatic carboxylic acids is 1. The van der Waals surface area contributed by atoms with Crippen molar-refractivity contribution in [2.75, 3.05) is 0 Å². The quantitative estimate of drug-likeness (QED) is 0.898. The van der Waals surface area contributed by atoms with E-state index in [9.17, 15) is 9.90 Å². The third-order valence-corrected chi connectivity index (χ3v) is 4.12. The molecule has 0 spiro atoms. The van der Waals surface area contributed by atoms with Gasteiger partial charge in [0.05, 0.1) is 5.41 Å². The van der Waals surface area contributed by atoms with Crippen LogP contribution in [0.5, 0.6) is 5.75 Å². The molecule has 1 N–H and O–H groups in total. The Balaban J connectivity index is 2.20. The van der Waals surface area contributed by atoms with Crippen LogP contribution in [0.4, 0.5) is 0 Å². The van der Waals surface area contributed by atoms with Gasteiger partial charge in [0.2, 0.25) is 0 Å². The van der Waals surface area contributed by atoms with Crippen LogP contribution < -0.4 is 4.74 Å². The highest BCUT2D eigenvalue weighted by Crippen LogP contribution is 2.27. The minimum absolute atomic E-state index is 0.482. The van der Waals surface area contributed by atoms with Gasteiger partial charge in [-0.2, -0.15) is 0 Å². The third kappa shape index (κ3) is 3.30. The lowest BCUT2D eigenvalue weighted by atomic mass is 9.85. The first-order chi connectivity index (χ1) is 10.3. The molecule has 0 aliphatic rings. The van der Waals surface area contributed by atoms with E-state index in [1.165, 1.54) is 16.7 Å². The maximum Gasteiger partial charge on any atom is 0.313 e. The molecule has 0 saturated heterocycles. The Bertz CT molecular complexity index is 667. The lowest BCUT2D eigenvalue weighted by molar-refractivity contribution is -0.142. The number of carboxylic acids is 1. The number of hydrogen-bond donors (Lipinski definition) is 1. The van der Waals surface area contributed by atoms with Crippen molar-refractivity contribution in [2.45, 2.75) is 39.7 Å². The Hall–Kier alpha value is -2.29. The van der Waals surface area contributed by atoms with Crippen LogP contribution in [0.2, 0.25) is 0 Å². The smallest absolute Gasteiger partial charge is 0.313 e. The molecule has 2 aromatic rings. The van der Waals surface area contributed by atoms with Crippen molar-refractivity contribution in [1.82, 2.24) is 0 Å². The molecular formula is C19H22O3. The fourth-order valence-corrected chi connectivity index (χ4v) is 2.33. The summed E-state index contributed by atoms with van der Waals surface area (Å²) in [4.78, 5) is 11.4. The molecule has 0 heterocycles. The highest BCUT2D eigenvalue weighted by Gasteiger charge is 2.29. The molecule has 116 valence electrons. The molecule has 2 aromatic carbocycles. The zero-order valence-electron chi connectivity index (χ0n) is 13.5. The molecule has 2 rings (SSSR count). The first kappa shape index (κ1) is 16.1. The molecule has 0 saturated carbocycles. The number of benzene rings is 2. The van der Waals surface area contributed by atoms with Crippen molar-refractivity contribution in [1.29, 1.82) is 0 Å². The second-order valence-corrected chi connectivity index (χ2v) is 6.12. The zero-order chi connectivity index (χ0) is 16.3. The van der Waals surface area contributed by atoms with Crippen molar-refractivity contribution in [2.24, 2.45) is 0 Å². The average Bonchev–Trinajstić information content (AvgIpc) is 2.47. The molecular weight excluding hydrogens is 276 g/mol. The summed E-state index contributed by atoms with van der Waals surface area (Å²) in [6.07, 6.45) is 0. The van der Waals surface area contributed by atoms with Crippen LogP contribution in [-0.4, -0.2) is 11.1 Å². The lowest BCUT2D eigenvalue weighted by Gasteiger charge is -2.20. The molecule has 0 bridgehead atoms. The minimum atomic E-state index is -0.933. The normalized spacial score (nSPS) is 11.3. The van der Waals surface area contributed by atoms with Gasteiger partial charge in [0.15, 0.2) is 0 Å². The van der Waals surface area contributed by atoms with E-state index in [-0.39, 0.29) is 0 Å². The monoisotopic (exact) mass is 298 g/mol. The van der Waals surface area contributed by atoms with Gasteiger partial charge >= 0.3 is 5.97 Å². The van der Waals surface area contributed by atoms with Crippen LogP contribution in [0.3, 0.4) is 0 Å². The molecule has 0 atom stereocenters. The first-order valence-corrected chi connectivity index (χ1v) is 7.34. The molecule has 0 radical (unpaired) electrons. The largest absolute Gasteiger partial charge is 0.489 e. The number of carbonyl (C=O) groups is 1. The second kappa shape index (κ2) is 6.22. The third-order valence-electron chi connectivity index (χ3n) is 4.12. The SMILES string of the molecule is Cc1cccc(C)c1COc1cccc(C(C)(C)C(=O)O)c1. The van der Waals surface area contributed by atoms with E-state index in [4.69, 9.17) is 4.74 Å². The summed E-state index contributed by atoms with van der Waals surface area (Å²) in [6, 6.07) is 13.5. The molecule has 0 unspecified atom stereocenters. The van der Waals surface area contributed by atoms with E-state index in [1.807, 2.05) is 30.3 Å². The number of ether oxygens (including phenoxy) is 1. The maximum absolute atomic E-state index is 11.4. The van der Waals surface area contributed by atoms with Gasteiger partial charge < -0.3 is 9.84 Å². The van der Waals surface area contributed by atoms with Crippen LogP contribution >= 0.6 is 0 Å². The highest BCUT2D eigenvalue weighted by atomic mass is 16.5. The van der Waals surface area contributed by atoms with Crippen molar-refractivity contribution in [3.63, 3.8) is 0 Å². The van der Waals surface area contributed by atoms with Crippen LogP contribution in [0, 0.1) is 13.8 Å². The fraction of sp³-hybridized carbons (Fsp3) is 0.316. The van der Waals surface area contributed by atoms with Gasteiger partial charge in [-0.3, -0.25) is 4.79 Å². The minimum Gasteiger partial charge on any atom is -0.489 e. The van der Waals surface area contributed by atoms with Gasteiger partial charge in [0.1, 0.15) is 12.4 Å². The Morgan fingerprint density at radius 2 is 1.68 bits per heavy atom. The van der Waals surface area contributed by atoms with Crippen LogP contribution in [0.1, 0.15) is 36.1 Å². The van der Waals surface area contributed by atoms with Crippen LogP contribution in [0.25, 0.3) is 0 Å². The fourth-order valence-electron chi connectivity index (χ4n) is 2.33. The molecule has 0 amide bonds. The Morgan fingerprint density at radius 1 is 1.09 bits per heavy atom. The zero-order valence-corrected chi connectivity index (χ0v) is 13.5. The van der Waals surface area contributed by atoms with Crippen molar-refractivity contribution in [3.05, 3.63) is 64.7 Å². The topological polar surface area (TPSA) is 46.5 Å². The Labute approximate surface area is 131 Å². The van der Waals surface area contributed by atoms with Crippen molar-refractivity contribution in [3.8, 4) is 5.75 Å². The van der Waals surface area contributed by atoms with Crippen molar-refractivity contribution < 1.29 is 14.6 Å². The molecule has 0 fully saturated rings. The molecule has 0 aliphatic carbocycles. The molecule has 22 heavy (non-hydrogen) atoms. The second-order valence-electron chi connectivity index (χ2n) is 6.12. The average molecular weight is 298 g/mol. The van der Waals surface area contributed by atoms with Gasteiger partial charge in [-0.15, -0.1) is 0 Å². The number of rotatable bonds is 5. The number of aryl methyl sites for hydroxylation is 2. The van der Waals surface area contributed by atoms with E-state index in [0.29, 0.717) is 12.4 Å². The Morgan fingerprint density at radius 3 is 2.27 bits per heavy atom. The van der Waals surface area contributed by atoms with E-state index < -0.39 is 11.4 Å². The molecule has 0 aliphatic heterocycles. The van der Waals surface area contributed by atoms with Gasteiger partial charge in [0, 0.05) is 0 Å².